The molecule has 5 nitrogen and oxygen atoms in total. The van der Waals surface area contributed by atoms with E-state index in [9.17, 15) is 4.79 Å². The summed E-state index contributed by atoms with van der Waals surface area (Å²) >= 11 is 0. The van der Waals surface area contributed by atoms with Crippen LogP contribution >= 0.6 is 0 Å². The Hall–Kier alpha value is -1.43. The van der Waals surface area contributed by atoms with Gasteiger partial charge in [0.15, 0.2) is 0 Å². The number of morpholine rings is 1. The predicted molar refractivity (Wildman–Crippen MR) is 90.5 cm³/mol. The number of amides is 1. The van der Waals surface area contributed by atoms with E-state index in [2.05, 4.69) is 36.2 Å². The number of rotatable bonds is 3. The van der Waals surface area contributed by atoms with Gasteiger partial charge in [-0.25, -0.2) is 0 Å². The number of hydrogen-bond donors (Lipinski definition) is 1. The first-order valence-electron chi connectivity index (χ1n) is 8.56. The quantitative estimate of drug-likeness (QED) is 0.914. The maximum Gasteiger partial charge on any atom is 0.253 e. The van der Waals surface area contributed by atoms with E-state index >= 15 is 0 Å². The van der Waals surface area contributed by atoms with Gasteiger partial charge in [-0.3, -0.25) is 9.69 Å². The predicted octanol–water partition coefficient (Wildman–Crippen LogP) is 1.34. The van der Waals surface area contributed by atoms with Crippen LogP contribution in [0.25, 0.3) is 0 Å². The zero-order valence-corrected chi connectivity index (χ0v) is 14.1. The molecule has 3 rings (SSSR count). The van der Waals surface area contributed by atoms with Crippen molar-refractivity contribution in [2.75, 3.05) is 39.4 Å². The summed E-state index contributed by atoms with van der Waals surface area (Å²) in [5.41, 5.74) is 2.01. The van der Waals surface area contributed by atoms with Crippen molar-refractivity contribution in [1.29, 1.82) is 0 Å². The fourth-order valence-electron chi connectivity index (χ4n) is 3.50. The maximum atomic E-state index is 12.8. The molecule has 0 aliphatic carbocycles. The van der Waals surface area contributed by atoms with Crippen LogP contribution in [0.2, 0.25) is 0 Å². The van der Waals surface area contributed by atoms with E-state index in [1.807, 2.05) is 17.0 Å². The van der Waals surface area contributed by atoms with Crippen LogP contribution in [-0.4, -0.2) is 67.2 Å². The summed E-state index contributed by atoms with van der Waals surface area (Å²) in [6.45, 7) is 10.2. The van der Waals surface area contributed by atoms with E-state index in [-0.39, 0.29) is 5.91 Å². The second-order valence-electron chi connectivity index (χ2n) is 6.77. The second kappa shape index (κ2) is 7.43. The number of carbonyl (C=O) groups excluding carboxylic acids is 1. The van der Waals surface area contributed by atoms with Crippen LogP contribution in [-0.2, 0) is 11.3 Å². The largest absolute Gasteiger partial charge is 0.379 e. The number of nitrogens with zero attached hydrogens (tertiary/aromatic N) is 2. The fourth-order valence-corrected chi connectivity index (χ4v) is 3.50. The van der Waals surface area contributed by atoms with E-state index in [1.165, 1.54) is 5.56 Å². The van der Waals surface area contributed by atoms with E-state index in [0.29, 0.717) is 12.1 Å². The first-order valence-corrected chi connectivity index (χ1v) is 8.56. The molecule has 0 bridgehead atoms. The zero-order chi connectivity index (χ0) is 16.2. The SMILES string of the molecule is C[C@@H]1CN(C(=O)c2cccc(CN3CCOCC3)c2)C[C@@H](C)N1. The van der Waals surface area contributed by atoms with Gasteiger partial charge >= 0.3 is 0 Å². The van der Waals surface area contributed by atoms with Crippen molar-refractivity contribution in [3.8, 4) is 0 Å². The molecule has 1 N–H and O–H groups in total. The highest BCUT2D eigenvalue weighted by Gasteiger charge is 2.25. The van der Waals surface area contributed by atoms with Crippen LogP contribution in [0, 0.1) is 0 Å². The lowest BCUT2D eigenvalue weighted by atomic mass is 10.1. The van der Waals surface area contributed by atoms with Crippen LogP contribution in [0.3, 0.4) is 0 Å². The molecule has 2 heterocycles. The third kappa shape index (κ3) is 4.31. The van der Waals surface area contributed by atoms with E-state index in [1.54, 1.807) is 0 Å². The minimum absolute atomic E-state index is 0.147. The minimum Gasteiger partial charge on any atom is -0.379 e. The molecule has 1 amide bonds. The van der Waals surface area contributed by atoms with Crippen LogP contribution in [0.1, 0.15) is 29.8 Å². The third-order valence-electron chi connectivity index (χ3n) is 4.53. The summed E-state index contributed by atoms with van der Waals surface area (Å²) in [6.07, 6.45) is 0. The summed E-state index contributed by atoms with van der Waals surface area (Å²) in [4.78, 5) is 17.1. The van der Waals surface area contributed by atoms with Gasteiger partial charge in [-0.05, 0) is 31.5 Å². The van der Waals surface area contributed by atoms with E-state index in [0.717, 1.165) is 51.5 Å². The molecule has 23 heavy (non-hydrogen) atoms. The molecule has 1 aromatic carbocycles. The standard InChI is InChI=1S/C18H27N3O2/c1-14-11-21(12-15(2)19-14)18(22)17-5-3-4-16(10-17)13-20-6-8-23-9-7-20/h3-5,10,14-15,19H,6-9,11-13H2,1-2H3/t14-,15-/m1/s1. The Morgan fingerprint density at radius 1 is 1.22 bits per heavy atom. The highest BCUT2D eigenvalue weighted by atomic mass is 16.5. The molecule has 0 unspecified atom stereocenters. The minimum atomic E-state index is 0.147. The number of piperazine rings is 1. The van der Waals surface area contributed by atoms with Crippen molar-refractivity contribution in [2.45, 2.75) is 32.5 Å². The lowest BCUT2D eigenvalue weighted by Gasteiger charge is -2.36. The highest BCUT2D eigenvalue weighted by molar-refractivity contribution is 5.94. The van der Waals surface area contributed by atoms with Crippen molar-refractivity contribution < 1.29 is 9.53 Å². The van der Waals surface area contributed by atoms with Gasteiger partial charge in [0.25, 0.3) is 5.91 Å². The third-order valence-corrected chi connectivity index (χ3v) is 4.53. The Balaban J connectivity index is 1.67. The molecule has 0 saturated carbocycles. The molecule has 0 radical (unpaired) electrons. The summed E-state index contributed by atoms with van der Waals surface area (Å²) in [5.74, 6) is 0.147. The summed E-state index contributed by atoms with van der Waals surface area (Å²) in [6, 6.07) is 8.78. The topological polar surface area (TPSA) is 44.8 Å². The molecule has 0 aromatic heterocycles. The monoisotopic (exact) mass is 317 g/mol. The molecule has 2 saturated heterocycles. The van der Waals surface area contributed by atoms with E-state index < -0.39 is 0 Å². The highest BCUT2D eigenvalue weighted by Crippen LogP contribution is 2.14. The molecular formula is C18H27N3O2. The van der Waals surface area contributed by atoms with Crippen molar-refractivity contribution in [1.82, 2.24) is 15.1 Å². The van der Waals surface area contributed by atoms with Gasteiger partial charge in [0.05, 0.1) is 13.2 Å². The molecule has 126 valence electrons. The first kappa shape index (κ1) is 16.4. The normalized spacial score (nSPS) is 26.3. The van der Waals surface area contributed by atoms with Crippen LogP contribution < -0.4 is 5.32 Å². The average molecular weight is 317 g/mol. The maximum absolute atomic E-state index is 12.8. The Bertz CT molecular complexity index is 533. The zero-order valence-electron chi connectivity index (χ0n) is 14.1. The summed E-state index contributed by atoms with van der Waals surface area (Å²) < 4.78 is 5.39. The van der Waals surface area contributed by atoms with Gasteiger partial charge < -0.3 is 15.0 Å². The molecule has 2 aliphatic heterocycles. The molecule has 5 heteroatoms. The molecule has 2 fully saturated rings. The molecular weight excluding hydrogens is 290 g/mol. The van der Waals surface area contributed by atoms with Crippen molar-refractivity contribution in [3.63, 3.8) is 0 Å². The molecule has 0 spiro atoms. The Kier molecular flexibility index (Phi) is 5.30. The van der Waals surface area contributed by atoms with Gasteiger partial charge in [-0.1, -0.05) is 12.1 Å². The van der Waals surface area contributed by atoms with Crippen LogP contribution in [0.4, 0.5) is 0 Å². The smallest absolute Gasteiger partial charge is 0.253 e. The number of benzene rings is 1. The Morgan fingerprint density at radius 3 is 2.61 bits per heavy atom. The second-order valence-corrected chi connectivity index (χ2v) is 6.77. The molecule has 2 aliphatic rings. The Morgan fingerprint density at radius 2 is 1.91 bits per heavy atom. The van der Waals surface area contributed by atoms with E-state index in [4.69, 9.17) is 4.74 Å². The summed E-state index contributed by atoms with van der Waals surface area (Å²) in [7, 11) is 0. The number of carbonyl (C=O) groups is 1. The average Bonchev–Trinajstić information content (AvgIpc) is 2.54. The number of nitrogens with one attached hydrogen (secondary N) is 1. The van der Waals surface area contributed by atoms with Gasteiger partial charge in [-0.2, -0.15) is 0 Å². The van der Waals surface area contributed by atoms with Crippen molar-refractivity contribution >= 4 is 5.91 Å². The van der Waals surface area contributed by atoms with Crippen LogP contribution in [0.5, 0.6) is 0 Å². The summed E-state index contributed by atoms with van der Waals surface area (Å²) in [5, 5.41) is 3.47. The van der Waals surface area contributed by atoms with Crippen molar-refractivity contribution in [3.05, 3.63) is 35.4 Å². The van der Waals surface area contributed by atoms with Gasteiger partial charge in [0.2, 0.25) is 0 Å². The van der Waals surface area contributed by atoms with Gasteiger partial charge in [0, 0.05) is 50.4 Å². The molecule has 2 atom stereocenters. The first-order chi connectivity index (χ1) is 11.1. The molecule has 1 aromatic rings. The fraction of sp³-hybridized carbons (Fsp3) is 0.611. The van der Waals surface area contributed by atoms with Crippen molar-refractivity contribution in [2.24, 2.45) is 0 Å². The van der Waals surface area contributed by atoms with Gasteiger partial charge in [0.1, 0.15) is 0 Å². The van der Waals surface area contributed by atoms with Crippen LogP contribution in [0.15, 0.2) is 24.3 Å². The van der Waals surface area contributed by atoms with Gasteiger partial charge in [-0.15, -0.1) is 0 Å². The Labute approximate surface area is 138 Å². The lowest BCUT2D eigenvalue weighted by molar-refractivity contribution is 0.0341. The lowest BCUT2D eigenvalue weighted by Crippen LogP contribution is -2.55. The number of ether oxygens (including phenoxy) is 1. The number of hydrogen-bond acceptors (Lipinski definition) is 4.